The van der Waals surface area contributed by atoms with Gasteiger partial charge in [-0.15, -0.1) is 0 Å². The van der Waals surface area contributed by atoms with Gasteiger partial charge in [-0.25, -0.2) is 4.98 Å². The van der Waals surface area contributed by atoms with Crippen molar-refractivity contribution in [2.75, 3.05) is 0 Å². The second kappa shape index (κ2) is 8.68. The van der Waals surface area contributed by atoms with Crippen molar-refractivity contribution in [2.45, 2.75) is 0 Å². The molecule has 2 heteroatoms. The molecule has 2 heterocycles. The quantitative estimate of drug-likeness (QED) is 0.238. The van der Waals surface area contributed by atoms with E-state index < -0.39 is 0 Å². The number of rotatable bonds is 3. The van der Waals surface area contributed by atoms with Gasteiger partial charge in [-0.2, -0.15) is 0 Å². The molecule has 0 N–H and O–H groups in total. The van der Waals surface area contributed by atoms with Crippen molar-refractivity contribution >= 4 is 43.5 Å². The maximum atomic E-state index is 5.43. The average molecular weight is 497 g/mol. The van der Waals surface area contributed by atoms with Gasteiger partial charge in [0.25, 0.3) is 0 Å². The van der Waals surface area contributed by atoms with Crippen molar-refractivity contribution in [2.24, 2.45) is 0 Å². The molecule has 0 aliphatic carbocycles. The lowest BCUT2D eigenvalue weighted by Crippen LogP contribution is -1.99. The van der Waals surface area contributed by atoms with Crippen LogP contribution in [0.4, 0.5) is 0 Å². The number of aromatic nitrogens is 2. The van der Waals surface area contributed by atoms with Crippen molar-refractivity contribution < 1.29 is 0 Å². The Balaban J connectivity index is 1.52. The van der Waals surface area contributed by atoms with Crippen molar-refractivity contribution in [3.63, 3.8) is 0 Å². The van der Waals surface area contributed by atoms with E-state index in [4.69, 9.17) is 4.98 Å². The Bertz CT molecular complexity index is 2110. The summed E-state index contributed by atoms with van der Waals surface area (Å²) in [6, 6.07) is 51.8. The van der Waals surface area contributed by atoms with Crippen LogP contribution in [0.1, 0.15) is 0 Å². The van der Waals surface area contributed by atoms with Crippen molar-refractivity contribution in [3.05, 3.63) is 146 Å². The normalized spacial score (nSPS) is 11.6. The Kier molecular flexibility index (Phi) is 4.86. The number of hydrogen-bond donors (Lipinski definition) is 0. The number of nitrogens with zero attached hydrogens (tertiary/aromatic N) is 2. The maximum absolute atomic E-state index is 5.43. The van der Waals surface area contributed by atoms with Crippen molar-refractivity contribution in [1.29, 1.82) is 0 Å². The zero-order chi connectivity index (χ0) is 25.8. The van der Waals surface area contributed by atoms with Gasteiger partial charge in [0, 0.05) is 21.7 Å². The van der Waals surface area contributed by atoms with Crippen LogP contribution in [0.5, 0.6) is 0 Å². The fraction of sp³-hybridized carbons (Fsp3) is 0. The molecule has 6 aromatic carbocycles. The van der Waals surface area contributed by atoms with Gasteiger partial charge < -0.3 is 4.57 Å². The Hall–Kier alpha value is -5.21. The van der Waals surface area contributed by atoms with Crippen LogP contribution < -0.4 is 0 Å². The molecule has 0 unspecified atom stereocenters. The largest absolute Gasteiger partial charge is 0.307 e. The minimum Gasteiger partial charge on any atom is -0.307 e. The minimum atomic E-state index is 0.978. The van der Waals surface area contributed by atoms with Crippen LogP contribution in [0.3, 0.4) is 0 Å². The number of para-hydroxylation sites is 3. The SMILES string of the molecule is c1ccc(-c2cc(-c3cccc4ccccc34)nc3c(-n4c5ccccc5c5ccccc54)cccc23)cc1. The molecule has 182 valence electrons. The van der Waals surface area contributed by atoms with E-state index in [0.717, 1.165) is 27.8 Å². The van der Waals surface area contributed by atoms with Crippen molar-refractivity contribution in [3.8, 4) is 28.1 Å². The summed E-state index contributed by atoms with van der Waals surface area (Å²) in [6.07, 6.45) is 0. The predicted octanol–water partition coefficient (Wildman–Crippen LogP) is 9.82. The van der Waals surface area contributed by atoms with Crippen LogP contribution in [-0.4, -0.2) is 9.55 Å². The molecule has 2 nitrogen and oxygen atoms in total. The molecular weight excluding hydrogens is 472 g/mol. The molecule has 0 amide bonds. The maximum Gasteiger partial charge on any atom is 0.0956 e. The van der Waals surface area contributed by atoms with Gasteiger partial charge in [0.2, 0.25) is 0 Å². The molecule has 2 aromatic heterocycles. The first kappa shape index (κ1) is 21.8. The summed E-state index contributed by atoms with van der Waals surface area (Å²) < 4.78 is 2.38. The molecule has 0 fully saturated rings. The zero-order valence-electron chi connectivity index (χ0n) is 21.3. The molecule has 0 saturated carbocycles. The third kappa shape index (κ3) is 3.39. The molecule has 0 aliphatic heterocycles. The highest BCUT2D eigenvalue weighted by atomic mass is 15.0. The lowest BCUT2D eigenvalue weighted by molar-refractivity contribution is 1.18. The summed E-state index contributed by atoms with van der Waals surface area (Å²) in [7, 11) is 0. The highest BCUT2D eigenvalue weighted by Gasteiger charge is 2.18. The topological polar surface area (TPSA) is 17.8 Å². The summed E-state index contributed by atoms with van der Waals surface area (Å²) in [5.74, 6) is 0. The molecule has 0 bridgehead atoms. The minimum absolute atomic E-state index is 0.978. The summed E-state index contributed by atoms with van der Waals surface area (Å²) >= 11 is 0. The second-order valence-corrected chi connectivity index (χ2v) is 9.99. The van der Waals surface area contributed by atoms with Gasteiger partial charge in [-0.05, 0) is 46.2 Å². The van der Waals surface area contributed by atoms with Crippen LogP contribution in [0.2, 0.25) is 0 Å². The first-order chi connectivity index (χ1) is 19.4. The van der Waals surface area contributed by atoms with Gasteiger partial charge in [-0.3, -0.25) is 0 Å². The lowest BCUT2D eigenvalue weighted by atomic mass is 9.95. The Morgan fingerprint density at radius 1 is 0.436 bits per heavy atom. The van der Waals surface area contributed by atoms with Crippen molar-refractivity contribution in [1.82, 2.24) is 9.55 Å². The predicted molar refractivity (Wildman–Crippen MR) is 164 cm³/mol. The molecule has 0 atom stereocenters. The molecule has 39 heavy (non-hydrogen) atoms. The number of fused-ring (bicyclic) bond motifs is 5. The van der Waals surface area contributed by atoms with Gasteiger partial charge in [0.15, 0.2) is 0 Å². The summed E-state index contributed by atoms with van der Waals surface area (Å²) in [5.41, 5.74) is 8.94. The number of pyridine rings is 1. The molecule has 8 rings (SSSR count). The third-order valence-electron chi connectivity index (χ3n) is 7.79. The third-order valence-corrected chi connectivity index (χ3v) is 7.79. The molecule has 0 aliphatic rings. The van der Waals surface area contributed by atoms with E-state index in [0.29, 0.717) is 0 Å². The van der Waals surface area contributed by atoms with Crippen LogP contribution in [0.15, 0.2) is 146 Å². The average Bonchev–Trinajstić information content (AvgIpc) is 3.35. The van der Waals surface area contributed by atoms with E-state index in [2.05, 4.69) is 150 Å². The van der Waals surface area contributed by atoms with E-state index >= 15 is 0 Å². The van der Waals surface area contributed by atoms with E-state index in [1.807, 2.05) is 0 Å². The highest BCUT2D eigenvalue weighted by Crippen LogP contribution is 2.39. The van der Waals surface area contributed by atoms with E-state index in [1.165, 1.54) is 43.7 Å². The first-order valence-electron chi connectivity index (χ1n) is 13.3. The van der Waals surface area contributed by atoms with Crippen LogP contribution in [0.25, 0.3) is 71.6 Å². The van der Waals surface area contributed by atoms with Gasteiger partial charge in [0.05, 0.1) is 27.9 Å². The zero-order valence-corrected chi connectivity index (χ0v) is 21.3. The Morgan fingerprint density at radius 3 is 1.79 bits per heavy atom. The fourth-order valence-corrected chi connectivity index (χ4v) is 6.04. The standard InChI is InChI=1S/C37H24N2/c1-2-12-26(13-3-1)32-24-33(28-19-10-15-25-14-4-5-16-27(25)28)38-37-31(32)20-11-23-36(37)39-34-21-8-6-17-29(34)30-18-7-9-22-35(30)39/h1-24H. The number of hydrogen-bond acceptors (Lipinski definition) is 1. The van der Waals surface area contributed by atoms with Gasteiger partial charge in [0.1, 0.15) is 0 Å². The first-order valence-corrected chi connectivity index (χ1v) is 13.3. The van der Waals surface area contributed by atoms with E-state index in [9.17, 15) is 0 Å². The summed E-state index contributed by atoms with van der Waals surface area (Å²) in [5, 5.41) is 6.07. The summed E-state index contributed by atoms with van der Waals surface area (Å²) in [6.45, 7) is 0. The van der Waals surface area contributed by atoms with Crippen LogP contribution in [-0.2, 0) is 0 Å². The smallest absolute Gasteiger partial charge is 0.0956 e. The summed E-state index contributed by atoms with van der Waals surface area (Å²) in [4.78, 5) is 5.43. The van der Waals surface area contributed by atoms with Gasteiger partial charge >= 0.3 is 0 Å². The Labute approximate surface area is 226 Å². The molecular formula is C37H24N2. The van der Waals surface area contributed by atoms with E-state index in [-0.39, 0.29) is 0 Å². The second-order valence-electron chi connectivity index (χ2n) is 9.99. The lowest BCUT2D eigenvalue weighted by Gasteiger charge is -2.16. The highest BCUT2D eigenvalue weighted by molar-refractivity contribution is 6.11. The van der Waals surface area contributed by atoms with Crippen LogP contribution in [0, 0.1) is 0 Å². The van der Waals surface area contributed by atoms with E-state index in [1.54, 1.807) is 0 Å². The molecule has 0 radical (unpaired) electrons. The van der Waals surface area contributed by atoms with Gasteiger partial charge in [-0.1, -0.05) is 121 Å². The molecule has 0 spiro atoms. The molecule has 8 aromatic rings. The van der Waals surface area contributed by atoms with Crippen LogP contribution >= 0.6 is 0 Å². The monoisotopic (exact) mass is 496 g/mol. The Morgan fingerprint density at radius 2 is 1.03 bits per heavy atom. The molecule has 0 saturated heterocycles. The number of benzene rings is 6. The fourth-order valence-electron chi connectivity index (χ4n) is 6.04.